The predicted molar refractivity (Wildman–Crippen MR) is 251 cm³/mol. The fourth-order valence-electron chi connectivity index (χ4n) is 8.44. The van der Waals surface area contributed by atoms with Crippen LogP contribution in [0.15, 0.2) is 211 Å². The van der Waals surface area contributed by atoms with Crippen LogP contribution in [0.1, 0.15) is 30.0 Å². The summed E-state index contributed by atoms with van der Waals surface area (Å²) < 4.78 is 0. The maximum atomic E-state index is 5.30. The van der Waals surface area contributed by atoms with Crippen molar-refractivity contribution in [3.05, 3.63) is 222 Å². The van der Waals surface area contributed by atoms with Crippen molar-refractivity contribution in [1.82, 2.24) is 15.0 Å². The Kier molecular flexibility index (Phi) is 8.75. The van der Waals surface area contributed by atoms with Crippen LogP contribution >= 0.6 is 0 Å². The summed E-state index contributed by atoms with van der Waals surface area (Å²) in [5, 5.41) is 5.64. The molecule has 10 aromatic rings. The largest absolute Gasteiger partial charge is 0.248 e. The second kappa shape index (κ2) is 14.8. The van der Waals surface area contributed by atoms with Gasteiger partial charge in [-0.2, -0.15) is 0 Å². The van der Waals surface area contributed by atoms with Gasteiger partial charge in [0.15, 0.2) is 0 Å². The minimum atomic E-state index is 0.836. The number of hydrogen-bond acceptors (Lipinski definition) is 4. The molecule has 1 aliphatic rings. The summed E-state index contributed by atoms with van der Waals surface area (Å²) in [7, 11) is 0. The van der Waals surface area contributed by atoms with Crippen LogP contribution in [0.4, 0.5) is 0 Å². The molecule has 0 unspecified atom stereocenters. The smallest absolute Gasteiger partial charge is 0.0894 e. The van der Waals surface area contributed by atoms with Gasteiger partial charge in [0.25, 0.3) is 0 Å². The highest BCUT2D eigenvalue weighted by molar-refractivity contribution is 6.15. The summed E-state index contributed by atoms with van der Waals surface area (Å²) in [6.07, 6.45) is 3.09. The molecular formula is C56H38N4. The van der Waals surface area contributed by atoms with Gasteiger partial charge in [-0.05, 0) is 89.0 Å². The van der Waals surface area contributed by atoms with E-state index in [2.05, 4.69) is 207 Å². The molecule has 1 aliphatic heterocycles. The Morgan fingerprint density at radius 3 is 1.80 bits per heavy atom. The van der Waals surface area contributed by atoms with Crippen molar-refractivity contribution in [2.45, 2.75) is 13.3 Å². The van der Waals surface area contributed by atoms with E-state index in [4.69, 9.17) is 19.9 Å². The van der Waals surface area contributed by atoms with Crippen molar-refractivity contribution in [2.24, 2.45) is 4.99 Å². The highest BCUT2D eigenvalue weighted by atomic mass is 14.8. The Morgan fingerprint density at radius 2 is 0.967 bits per heavy atom. The third kappa shape index (κ3) is 6.64. The monoisotopic (exact) mass is 766 g/mol. The average molecular weight is 767 g/mol. The lowest BCUT2D eigenvalue weighted by Crippen LogP contribution is -1.99. The van der Waals surface area contributed by atoms with E-state index in [9.17, 15) is 0 Å². The van der Waals surface area contributed by atoms with Crippen LogP contribution in [0.25, 0.3) is 88.5 Å². The lowest BCUT2D eigenvalue weighted by molar-refractivity contribution is 1.22. The first-order chi connectivity index (χ1) is 29.6. The molecule has 0 bridgehead atoms. The number of pyridine rings is 3. The molecule has 0 N–H and O–H groups in total. The molecule has 0 spiro atoms. The van der Waals surface area contributed by atoms with Gasteiger partial charge in [0.05, 0.1) is 45.0 Å². The molecular weight excluding hydrogens is 729 g/mol. The quantitative estimate of drug-likeness (QED) is 0.158. The van der Waals surface area contributed by atoms with Crippen molar-refractivity contribution < 1.29 is 0 Å². The highest BCUT2D eigenvalue weighted by Crippen LogP contribution is 2.34. The van der Waals surface area contributed by atoms with Crippen molar-refractivity contribution in [3.8, 4) is 33.8 Å². The van der Waals surface area contributed by atoms with Crippen LogP contribution < -0.4 is 0 Å². The molecule has 4 nitrogen and oxygen atoms in total. The SMILES string of the molecule is CC1=C(c2ccccc2)N=C(c2ccc(-c3ccc4cc(-c5ccc6ccc(-c7ccc8ccc9ccccc9c8n7)nc6c5)ccc4n3)cc2)C=C(c2ccccc2)C1. The zero-order valence-electron chi connectivity index (χ0n) is 33.0. The van der Waals surface area contributed by atoms with Gasteiger partial charge in [-0.1, -0.05) is 158 Å². The molecule has 4 heterocycles. The number of fused-ring (bicyclic) bond motifs is 5. The molecule has 60 heavy (non-hydrogen) atoms. The van der Waals surface area contributed by atoms with Crippen LogP contribution in [0.3, 0.4) is 0 Å². The fraction of sp³-hybridized carbons (Fsp3) is 0.0357. The van der Waals surface area contributed by atoms with Crippen LogP contribution in [0.2, 0.25) is 0 Å². The van der Waals surface area contributed by atoms with Crippen LogP contribution in [0.5, 0.6) is 0 Å². The van der Waals surface area contributed by atoms with E-state index >= 15 is 0 Å². The zero-order valence-corrected chi connectivity index (χ0v) is 33.0. The third-order valence-corrected chi connectivity index (χ3v) is 11.6. The van der Waals surface area contributed by atoms with Gasteiger partial charge in [0.2, 0.25) is 0 Å². The first-order valence-corrected chi connectivity index (χ1v) is 20.4. The van der Waals surface area contributed by atoms with E-state index < -0.39 is 0 Å². The molecule has 0 aliphatic carbocycles. The Balaban J connectivity index is 0.884. The van der Waals surface area contributed by atoms with Gasteiger partial charge in [-0.25, -0.2) is 19.9 Å². The highest BCUT2D eigenvalue weighted by Gasteiger charge is 2.17. The van der Waals surface area contributed by atoms with Gasteiger partial charge in [0, 0.05) is 38.2 Å². The van der Waals surface area contributed by atoms with Gasteiger partial charge < -0.3 is 0 Å². The molecule has 0 fully saturated rings. The lowest BCUT2D eigenvalue weighted by atomic mass is 9.95. The van der Waals surface area contributed by atoms with E-state index in [-0.39, 0.29) is 0 Å². The molecule has 0 saturated carbocycles. The first-order valence-electron chi connectivity index (χ1n) is 20.4. The summed E-state index contributed by atoms with van der Waals surface area (Å²) in [5.41, 5.74) is 16.7. The van der Waals surface area contributed by atoms with E-state index in [1.807, 2.05) is 0 Å². The van der Waals surface area contributed by atoms with E-state index in [0.29, 0.717) is 0 Å². The summed E-state index contributed by atoms with van der Waals surface area (Å²) in [6, 6.07) is 68.2. The predicted octanol–water partition coefficient (Wildman–Crippen LogP) is 14.2. The van der Waals surface area contributed by atoms with Gasteiger partial charge in [-0.3, -0.25) is 0 Å². The summed E-state index contributed by atoms with van der Waals surface area (Å²) in [6.45, 7) is 2.20. The van der Waals surface area contributed by atoms with Crippen molar-refractivity contribution >= 4 is 60.5 Å². The van der Waals surface area contributed by atoms with E-state index in [1.54, 1.807) is 0 Å². The number of allylic oxidation sites excluding steroid dienone is 3. The average Bonchev–Trinajstić information content (AvgIpc) is 3.50. The Labute approximate surface area is 348 Å². The molecule has 282 valence electrons. The number of aromatic nitrogens is 3. The van der Waals surface area contributed by atoms with Crippen molar-refractivity contribution in [1.29, 1.82) is 0 Å². The molecule has 7 aromatic carbocycles. The summed E-state index contributed by atoms with van der Waals surface area (Å²) >= 11 is 0. The molecule has 11 rings (SSSR count). The van der Waals surface area contributed by atoms with E-state index in [1.165, 1.54) is 22.1 Å². The van der Waals surface area contributed by atoms with Crippen molar-refractivity contribution in [3.63, 3.8) is 0 Å². The van der Waals surface area contributed by atoms with E-state index in [0.717, 1.165) is 101 Å². The molecule has 0 atom stereocenters. The normalized spacial score (nSPS) is 13.2. The number of rotatable bonds is 6. The minimum Gasteiger partial charge on any atom is -0.248 e. The Morgan fingerprint density at radius 1 is 0.383 bits per heavy atom. The second-order valence-corrected chi connectivity index (χ2v) is 15.5. The van der Waals surface area contributed by atoms with Crippen LogP contribution in [0, 0.1) is 0 Å². The molecule has 4 heteroatoms. The minimum absolute atomic E-state index is 0.836. The maximum absolute atomic E-state index is 5.30. The fourth-order valence-corrected chi connectivity index (χ4v) is 8.44. The standard InChI is InChI=1S/C56H38N4/c1-36-32-47(37-10-4-2-5-11-37)35-54(60-55(36)42-13-6-3-7-14-42)40-19-17-39(18-20-40)49-29-27-46-33-44(26-28-50(46)57-49)45-23-21-41-24-30-51(58-53(41)34-45)52-31-25-43-22-16-38-12-8-9-15-48(38)56(43)59-52/h2-31,33-35H,32H2,1H3. The summed E-state index contributed by atoms with van der Waals surface area (Å²) in [4.78, 5) is 20.6. The Hall–Kier alpha value is -7.82. The number of aliphatic imine (C=N–C) groups is 1. The van der Waals surface area contributed by atoms with Crippen LogP contribution in [-0.4, -0.2) is 20.7 Å². The summed E-state index contributed by atoms with van der Waals surface area (Å²) in [5.74, 6) is 0. The topological polar surface area (TPSA) is 51.0 Å². The van der Waals surface area contributed by atoms with Gasteiger partial charge in [-0.15, -0.1) is 0 Å². The van der Waals surface area contributed by atoms with Crippen molar-refractivity contribution in [2.75, 3.05) is 0 Å². The molecule has 0 saturated heterocycles. The number of hydrogen-bond donors (Lipinski definition) is 0. The molecule has 3 aromatic heterocycles. The molecule has 0 radical (unpaired) electrons. The first kappa shape index (κ1) is 35.4. The zero-order chi connectivity index (χ0) is 40.0. The van der Waals surface area contributed by atoms with Gasteiger partial charge >= 0.3 is 0 Å². The van der Waals surface area contributed by atoms with Gasteiger partial charge in [0.1, 0.15) is 0 Å². The third-order valence-electron chi connectivity index (χ3n) is 11.6. The maximum Gasteiger partial charge on any atom is 0.0894 e. The lowest BCUT2D eigenvalue weighted by Gasteiger charge is -2.10. The second-order valence-electron chi connectivity index (χ2n) is 15.5. The number of nitrogens with zero attached hydrogens (tertiary/aromatic N) is 4. The number of benzene rings is 7. The Bertz CT molecular complexity index is 3380. The van der Waals surface area contributed by atoms with Crippen LogP contribution in [-0.2, 0) is 0 Å². The molecule has 0 amide bonds.